The maximum atomic E-state index is 9.04. The second-order valence-electron chi connectivity index (χ2n) is 3.99. The van der Waals surface area contributed by atoms with E-state index in [0.29, 0.717) is 6.04 Å². The van der Waals surface area contributed by atoms with Gasteiger partial charge in [-0.3, -0.25) is 0 Å². The van der Waals surface area contributed by atoms with Gasteiger partial charge in [0.05, 0.1) is 6.10 Å². The van der Waals surface area contributed by atoms with E-state index in [4.69, 9.17) is 5.11 Å². The molecular weight excluding hydrogens is 162 g/mol. The fraction of sp³-hybridized carbons (Fsp3) is 1.00. The summed E-state index contributed by atoms with van der Waals surface area (Å²) in [6, 6.07) is 0.602. The van der Waals surface area contributed by atoms with Gasteiger partial charge in [0.15, 0.2) is 0 Å². The van der Waals surface area contributed by atoms with Crippen molar-refractivity contribution in [2.45, 2.75) is 65.0 Å². The smallest absolute Gasteiger partial charge is 0.0524 e. The quantitative estimate of drug-likeness (QED) is 0.572. The van der Waals surface area contributed by atoms with Crippen molar-refractivity contribution in [2.24, 2.45) is 0 Å². The van der Waals surface area contributed by atoms with Gasteiger partial charge in [-0.05, 0) is 33.2 Å². The van der Waals surface area contributed by atoms with Crippen LogP contribution < -0.4 is 5.32 Å². The molecule has 0 saturated heterocycles. The predicted octanol–water partition coefficient (Wildman–Crippen LogP) is 2.32. The van der Waals surface area contributed by atoms with Crippen molar-refractivity contribution in [1.29, 1.82) is 0 Å². The SMILES string of the molecule is CCCCCC(C)NCCC(C)O. The lowest BCUT2D eigenvalue weighted by Gasteiger charge is -2.13. The van der Waals surface area contributed by atoms with Crippen molar-refractivity contribution in [3.63, 3.8) is 0 Å². The average molecular weight is 187 g/mol. The van der Waals surface area contributed by atoms with Gasteiger partial charge in [0, 0.05) is 6.04 Å². The van der Waals surface area contributed by atoms with E-state index >= 15 is 0 Å². The highest BCUT2D eigenvalue weighted by Crippen LogP contribution is 2.02. The average Bonchev–Trinajstić information content (AvgIpc) is 2.04. The van der Waals surface area contributed by atoms with E-state index in [-0.39, 0.29) is 6.10 Å². The molecule has 0 aliphatic carbocycles. The van der Waals surface area contributed by atoms with E-state index in [2.05, 4.69) is 19.2 Å². The Morgan fingerprint density at radius 3 is 2.38 bits per heavy atom. The second-order valence-corrected chi connectivity index (χ2v) is 3.99. The highest BCUT2D eigenvalue weighted by molar-refractivity contribution is 4.61. The molecule has 2 N–H and O–H groups in total. The first kappa shape index (κ1) is 12.9. The lowest BCUT2D eigenvalue weighted by molar-refractivity contribution is 0.182. The number of aliphatic hydroxyl groups excluding tert-OH is 1. The molecule has 0 aliphatic heterocycles. The molecule has 0 rings (SSSR count). The van der Waals surface area contributed by atoms with E-state index in [1.165, 1.54) is 25.7 Å². The topological polar surface area (TPSA) is 32.3 Å². The maximum Gasteiger partial charge on any atom is 0.0524 e. The van der Waals surface area contributed by atoms with Crippen LogP contribution in [0.15, 0.2) is 0 Å². The molecule has 0 fully saturated rings. The summed E-state index contributed by atoms with van der Waals surface area (Å²) in [5.41, 5.74) is 0. The number of unbranched alkanes of at least 4 members (excludes halogenated alkanes) is 2. The normalized spacial score (nSPS) is 15.7. The summed E-state index contributed by atoms with van der Waals surface area (Å²) in [4.78, 5) is 0. The van der Waals surface area contributed by atoms with E-state index in [1.807, 2.05) is 6.92 Å². The Morgan fingerprint density at radius 2 is 1.85 bits per heavy atom. The molecule has 0 aromatic rings. The monoisotopic (exact) mass is 187 g/mol. The fourth-order valence-electron chi connectivity index (χ4n) is 1.34. The molecule has 2 atom stereocenters. The van der Waals surface area contributed by atoms with Crippen LogP contribution in [0.5, 0.6) is 0 Å². The molecule has 2 heteroatoms. The van der Waals surface area contributed by atoms with E-state index in [0.717, 1.165) is 13.0 Å². The van der Waals surface area contributed by atoms with Gasteiger partial charge in [-0.1, -0.05) is 26.2 Å². The van der Waals surface area contributed by atoms with Crippen LogP contribution in [0.1, 0.15) is 52.9 Å². The summed E-state index contributed by atoms with van der Waals surface area (Å²) in [7, 11) is 0. The first-order valence-electron chi connectivity index (χ1n) is 5.58. The molecule has 2 nitrogen and oxygen atoms in total. The lowest BCUT2D eigenvalue weighted by Crippen LogP contribution is -2.28. The van der Waals surface area contributed by atoms with Crippen molar-refractivity contribution >= 4 is 0 Å². The molecule has 0 heterocycles. The molecule has 0 radical (unpaired) electrons. The number of hydrogen-bond donors (Lipinski definition) is 2. The van der Waals surface area contributed by atoms with Crippen LogP contribution in [0.3, 0.4) is 0 Å². The summed E-state index contributed by atoms with van der Waals surface area (Å²) >= 11 is 0. The molecule has 80 valence electrons. The summed E-state index contributed by atoms with van der Waals surface area (Å²) < 4.78 is 0. The van der Waals surface area contributed by atoms with Crippen LogP contribution >= 0.6 is 0 Å². The second kappa shape index (κ2) is 8.52. The van der Waals surface area contributed by atoms with Crippen molar-refractivity contribution in [3.8, 4) is 0 Å². The van der Waals surface area contributed by atoms with Crippen LogP contribution in [0, 0.1) is 0 Å². The first-order chi connectivity index (χ1) is 6.16. The van der Waals surface area contributed by atoms with Crippen LogP contribution in [0.4, 0.5) is 0 Å². The Labute approximate surface area is 82.7 Å². The Hall–Kier alpha value is -0.0800. The van der Waals surface area contributed by atoms with Crippen molar-refractivity contribution in [2.75, 3.05) is 6.54 Å². The Balaban J connectivity index is 3.15. The highest BCUT2D eigenvalue weighted by Gasteiger charge is 2.01. The van der Waals surface area contributed by atoms with Gasteiger partial charge in [0.2, 0.25) is 0 Å². The summed E-state index contributed by atoms with van der Waals surface area (Å²) in [5, 5.41) is 12.5. The molecule has 13 heavy (non-hydrogen) atoms. The Morgan fingerprint density at radius 1 is 1.15 bits per heavy atom. The van der Waals surface area contributed by atoms with Crippen molar-refractivity contribution in [3.05, 3.63) is 0 Å². The van der Waals surface area contributed by atoms with E-state index in [9.17, 15) is 0 Å². The van der Waals surface area contributed by atoms with Gasteiger partial charge in [-0.2, -0.15) is 0 Å². The fourth-order valence-corrected chi connectivity index (χ4v) is 1.34. The molecule has 0 aliphatic rings. The molecule has 0 spiro atoms. The molecule has 2 unspecified atom stereocenters. The van der Waals surface area contributed by atoms with Gasteiger partial charge >= 0.3 is 0 Å². The number of aliphatic hydroxyl groups is 1. The highest BCUT2D eigenvalue weighted by atomic mass is 16.3. The molecule has 0 amide bonds. The number of nitrogens with one attached hydrogen (secondary N) is 1. The van der Waals surface area contributed by atoms with Gasteiger partial charge in [-0.15, -0.1) is 0 Å². The third-order valence-electron chi connectivity index (χ3n) is 2.30. The third kappa shape index (κ3) is 9.84. The summed E-state index contributed by atoms with van der Waals surface area (Å²) in [6.07, 6.45) is 5.89. The van der Waals surface area contributed by atoms with Crippen molar-refractivity contribution in [1.82, 2.24) is 5.32 Å². The third-order valence-corrected chi connectivity index (χ3v) is 2.30. The van der Waals surface area contributed by atoms with Crippen LogP contribution in [-0.2, 0) is 0 Å². The Bertz CT molecular complexity index is 104. The standard InChI is InChI=1S/C11H25NO/c1-4-5-6-7-10(2)12-9-8-11(3)13/h10-13H,4-9H2,1-3H3. The largest absolute Gasteiger partial charge is 0.393 e. The number of hydrogen-bond acceptors (Lipinski definition) is 2. The summed E-state index contributed by atoms with van der Waals surface area (Å²) in [5.74, 6) is 0. The summed E-state index contributed by atoms with van der Waals surface area (Å²) in [6.45, 7) is 7.22. The lowest BCUT2D eigenvalue weighted by atomic mass is 10.1. The first-order valence-corrected chi connectivity index (χ1v) is 5.58. The minimum Gasteiger partial charge on any atom is -0.393 e. The Kier molecular flexibility index (Phi) is 8.46. The zero-order valence-electron chi connectivity index (χ0n) is 9.34. The predicted molar refractivity (Wildman–Crippen MR) is 57.9 cm³/mol. The molecular formula is C11H25NO. The minimum absolute atomic E-state index is 0.171. The minimum atomic E-state index is -0.171. The maximum absolute atomic E-state index is 9.04. The van der Waals surface area contributed by atoms with Gasteiger partial charge < -0.3 is 10.4 Å². The van der Waals surface area contributed by atoms with Gasteiger partial charge in [0.25, 0.3) is 0 Å². The van der Waals surface area contributed by atoms with E-state index in [1.54, 1.807) is 0 Å². The van der Waals surface area contributed by atoms with E-state index < -0.39 is 0 Å². The molecule has 0 saturated carbocycles. The molecule has 0 aromatic heterocycles. The van der Waals surface area contributed by atoms with Gasteiger partial charge in [-0.25, -0.2) is 0 Å². The zero-order valence-corrected chi connectivity index (χ0v) is 9.34. The van der Waals surface area contributed by atoms with Crippen LogP contribution in [-0.4, -0.2) is 23.8 Å². The van der Waals surface area contributed by atoms with Crippen LogP contribution in [0.25, 0.3) is 0 Å². The number of rotatable bonds is 8. The molecule has 0 aromatic carbocycles. The van der Waals surface area contributed by atoms with Crippen molar-refractivity contribution < 1.29 is 5.11 Å². The molecule has 0 bridgehead atoms. The van der Waals surface area contributed by atoms with Crippen LogP contribution in [0.2, 0.25) is 0 Å². The zero-order chi connectivity index (χ0) is 10.1. The van der Waals surface area contributed by atoms with Gasteiger partial charge in [0.1, 0.15) is 0 Å².